The minimum Gasteiger partial charge on any atom is -0.306 e. The number of nitrogens with zero attached hydrogens (tertiary/aromatic N) is 2. The second kappa shape index (κ2) is 4.73. The lowest BCUT2D eigenvalue weighted by atomic mass is 9.88. The van der Waals surface area contributed by atoms with Crippen LogP contribution in [0.5, 0.6) is 0 Å². The van der Waals surface area contributed by atoms with Crippen LogP contribution in [0.3, 0.4) is 0 Å². The van der Waals surface area contributed by atoms with Crippen molar-refractivity contribution in [1.29, 1.82) is 0 Å². The predicted octanol–water partition coefficient (Wildman–Crippen LogP) is 4.92. The average molecular weight is 278 g/mol. The van der Waals surface area contributed by atoms with Crippen LogP contribution in [-0.4, -0.2) is 9.38 Å². The van der Waals surface area contributed by atoms with Crippen LogP contribution in [-0.2, 0) is 5.41 Å². The number of aryl methyl sites for hydroxylation is 2. The molecule has 0 unspecified atom stereocenters. The lowest BCUT2D eigenvalue weighted by Crippen LogP contribution is -2.12. The molecule has 0 N–H and O–H groups in total. The summed E-state index contributed by atoms with van der Waals surface area (Å²) in [6, 6.07) is 10.8. The molecule has 2 heterocycles. The maximum Gasteiger partial charge on any atom is 0.141 e. The van der Waals surface area contributed by atoms with Gasteiger partial charge in [0, 0.05) is 23.5 Å². The third-order valence-corrected chi connectivity index (χ3v) is 3.95. The van der Waals surface area contributed by atoms with E-state index >= 15 is 0 Å². The highest BCUT2D eigenvalue weighted by molar-refractivity contribution is 5.68. The standard InChI is InChI=1S/C19H22N2/c1-13-8-9-15(14(2)11-13)17-12-21-10-6-7-16(18(21)20-17)19(3,4)5/h6-12H,1-5H3. The Morgan fingerprint density at radius 3 is 2.48 bits per heavy atom. The summed E-state index contributed by atoms with van der Waals surface area (Å²) in [5, 5.41) is 0. The zero-order valence-electron chi connectivity index (χ0n) is 13.4. The third-order valence-electron chi connectivity index (χ3n) is 3.95. The van der Waals surface area contributed by atoms with Gasteiger partial charge in [0.2, 0.25) is 0 Å². The van der Waals surface area contributed by atoms with Gasteiger partial charge in [-0.1, -0.05) is 50.6 Å². The Bertz CT molecular complexity index is 804. The van der Waals surface area contributed by atoms with Gasteiger partial charge < -0.3 is 4.40 Å². The van der Waals surface area contributed by atoms with Crippen molar-refractivity contribution >= 4 is 5.65 Å². The molecule has 0 saturated carbocycles. The van der Waals surface area contributed by atoms with Crippen LogP contribution in [0, 0.1) is 13.8 Å². The van der Waals surface area contributed by atoms with E-state index in [0.717, 1.165) is 11.3 Å². The van der Waals surface area contributed by atoms with E-state index in [4.69, 9.17) is 4.98 Å². The number of fused-ring (bicyclic) bond motifs is 1. The van der Waals surface area contributed by atoms with Gasteiger partial charge in [0.25, 0.3) is 0 Å². The Hall–Kier alpha value is -2.09. The predicted molar refractivity (Wildman–Crippen MR) is 88.8 cm³/mol. The number of hydrogen-bond acceptors (Lipinski definition) is 1. The third kappa shape index (κ3) is 2.46. The molecule has 108 valence electrons. The Labute approximate surface area is 126 Å². The molecule has 3 rings (SSSR count). The quantitative estimate of drug-likeness (QED) is 0.618. The number of rotatable bonds is 1. The number of benzene rings is 1. The highest BCUT2D eigenvalue weighted by atomic mass is 15.0. The summed E-state index contributed by atoms with van der Waals surface area (Å²) in [7, 11) is 0. The summed E-state index contributed by atoms with van der Waals surface area (Å²) in [4.78, 5) is 4.90. The van der Waals surface area contributed by atoms with E-state index in [2.05, 4.69) is 81.7 Å². The molecule has 0 fully saturated rings. The molecule has 0 bridgehead atoms. The van der Waals surface area contributed by atoms with Crippen LogP contribution in [0.1, 0.15) is 37.5 Å². The molecule has 3 aromatic rings. The van der Waals surface area contributed by atoms with Gasteiger partial charge in [0.05, 0.1) is 5.69 Å². The van der Waals surface area contributed by atoms with Crippen molar-refractivity contribution in [2.45, 2.75) is 40.0 Å². The SMILES string of the molecule is Cc1ccc(-c2cn3cccc(C(C)(C)C)c3n2)c(C)c1. The van der Waals surface area contributed by atoms with Crippen molar-refractivity contribution < 1.29 is 0 Å². The first-order valence-corrected chi connectivity index (χ1v) is 7.42. The fraction of sp³-hybridized carbons (Fsp3) is 0.316. The largest absolute Gasteiger partial charge is 0.306 e. The van der Waals surface area contributed by atoms with Gasteiger partial charge in [-0.15, -0.1) is 0 Å². The van der Waals surface area contributed by atoms with Crippen LogP contribution in [0.2, 0.25) is 0 Å². The fourth-order valence-electron chi connectivity index (χ4n) is 2.83. The Balaban J connectivity index is 2.22. The Morgan fingerprint density at radius 1 is 1.05 bits per heavy atom. The van der Waals surface area contributed by atoms with E-state index in [1.54, 1.807) is 0 Å². The molecular formula is C19H22N2. The van der Waals surface area contributed by atoms with E-state index in [-0.39, 0.29) is 5.41 Å². The van der Waals surface area contributed by atoms with Crippen LogP contribution in [0.25, 0.3) is 16.9 Å². The van der Waals surface area contributed by atoms with Crippen LogP contribution in [0.15, 0.2) is 42.7 Å². The van der Waals surface area contributed by atoms with Crippen LogP contribution < -0.4 is 0 Å². The second-order valence-electron chi connectivity index (χ2n) is 6.85. The van der Waals surface area contributed by atoms with E-state index in [1.807, 2.05) is 0 Å². The molecule has 2 aromatic heterocycles. The Morgan fingerprint density at radius 2 is 1.81 bits per heavy atom. The molecule has 2 heteroatoms. The van der Waals surface area contributed by atoms with Gasteiger partial charge in [0.15, 0.2) is 0 Å². The van der Waals surface area contributed by atoms with Crippen molar-refractivity contribution in [2.75, 3.05) is 0 Å². The molecular weight excluding hydrogens is 256 g/mol. The molecule has 0 spiro atoms. The minimum absolute atomic E-state index is 0.0907. The minimum atomic E-state index is 0.0907. The lowest BCUT2D eigenvalue weighted by molar-refractivity contribution is 0.592. The normalized spacial score (nSPS) is 12.0. The zero-order chi connectivity index (χ0) is 15.2. The molecule has 0 saturated heterocycles. The molecule has 2 nitrogen and oxygen atoms in total. The lowest BCUT2D eigenvalue weighted by Gasteiger charge is -2.19. The van der Waals surface area contributed by atoms with Crippen molar-refractivity contribution in [3.63, 3.8) is 0 Å². The second-order valence-corrected chi connectivity index (χ2v) is 6.85. The first kappa shape index (κ1) is 13.9. The van der Waals surface area contributed by atoms with Crippen molar-refractivity contribution in [2.24, 2.45) is 0 Å². The van der Waals surface area contributed by atoms with E-state index in [0.29, 0.717) is 0 Å². The monoisotopic (exact) mass is 278 g/mol. The molecule has 0 aliphatic heterocycles. The summed E-state index contributed by atoms with van der Waals surface area (Å²) in [5.74, 6) is 0. The fourth-order valence-corrected chi connectivity index (χ4v) is 2.83. The summed E-state index contributed by atoms with van der Waals surface area (Å²) in [6.07, 6.45) is 4.20. The molecule has 21 heavy (non-hydrogen) atoms. The molecule has 0 atom stereocenters. The first-order valence-electron chi connectivity index (χ1n) is 7.42. The van der Waals surface area contributed by atoms with Gasteiger partial charge in [-0.3, -0.25) is 0 Å². The molecule has 1 aromatic carbocycles. The Kier molecular flexibility index (Phi) is 3.12. The van der Waals surface area contributed by atoms with E-state index < -0.39 is 0 Å². The number of aromatic nitrogens is 2. The summed E-state index contributed by atoms with van der Waals surface area (Å²) < 4.78 is 2.13. The summed E-state index contributed by atoms with van der Waals surface area (Å²) >= 11 is 0. The maximum absolute atomic E-state index is 4.90. The van der Waals surface area contributed by atoms with Crippen LogP contribution in [0.4, 0.5) is 0 Å². The number of hydrogen-bond donors (Lipinski definition) is 0. The van der Waals surface area contributed by atoms with Gasteiger partial charge in [-0.25, -0.2) is 4.98 Å². The highest BCUT2D eigenvalue weighted by Crippen LogP contribution is 2.29. The van der Waals surface area contributed by atoms with Gasteiger partial charge in [0.1, 0.15) is 5.65 Å². The summed E-state index contributed by atoms with van der Waals surface area (Å²) in [6.45, 7) is 11.0. The summed E-state index contributed by atoms with van der Waals surface area (Å²) in [5.41, 5.74) is 7.24. The van der Waals surface area contributed by atoms with E-state index in [1.165, 1.54) is 22.3 Å². The molecule has 0 radical (unpaired) electrons. The van der Waals surface area contributed by atoms with E-state index in [9.17, 15) is 0 Å². The average Bonchev–Trinajstić information content (AvgIpc) is 2.80. The number of pyridine rings is 1. The molecule has 0 amide bonds. The smallest absolute Gasteiger partial charge is 0.141 e. The number of imidazole rings is 1. The molecule has 0 aliphatic carbocycles. The van der Waals surface area contributed by atoms with Gasteiger partial charge >= 0.3 is 0 Å². The van der Waals surface area contributed by atoms with Crippen LogP contribution >= 0.6 is 0 Å². The van der Waals surface area contributed by atoms with Crippen molar-refractivity contribution in [1.82, 2.24) is 9.38 Å². The van der Waals surface area contributed by atoms with Crippen molar-refractivity contribution in [3.8, 4) is 11.3 Å². The molecule has 0 aliphatic rings. The maximum atomic E-state index is 4.90. The van der Waals surface area contributed by atoms with Gasteiger partial charge in [-0.2, -0.15) is 0 Å². The van der Waals surface area contributed by atoms with Gasteiger partial charge in [-0.05, 0) is 30.9 Å². The van der Waals surface area contributed by atoms with Crippen molar-refractivity contribution in [3.05, 3.63) is 59.4 Å². The topological polar surface area (TPSA) is 17.3 Å². The highest BCUT2D eigenvalue weighted by Gasteiger charge is 2.19. The zero-order valence-corrected chi connectivity index (χ0v) is 13.4. The first-order chi connectivity index (χ1) is 9.86.